The molecule has 6 heteroatoms. The van der Waals surface area contributed by atoms with Crippen LogP contribution in [0.5, 0.6) is 0 Å². The van der Waals surface area contributed by atoms with Crippen molar-refractivity contribution in [1.29, 1.82) is 0 Å². The summed E-state index contributed by atoms with van der Waals surface area (Å²) in [5.74, 6) is -1.02. The molecule has 96 valence electrons. The van der Waals surface area contributed by atoms with Gasteiger partial charge in [0.1, 0.15) is 0 Å². The van der Waals surface area contributed by atoms with E-state index in [0.29, 0.717) is 19.6 Å². The van der Waals surface area contributed by atoms with Gasteiger partial charge in [-0.1, -0.05) is 19.9 Å². The van der Waals surface area contributed by atoms with Crippen molar-refractivity contribution in [3.8, 4) is 0 Å². The average molecular weight is 251 g/mol. The Morgan fingerprint density at radius 3 is 2.19 bits per heavy atom. The van der Waals surface area contributed by atoms with Crippen LogP contribution in [0.4, 0.5) is 0 Å². The summed E-state index contributed by atoms with van der Waals surface area (Å²) in [6.45, 7) is 10.3. The standard InChI is InChI=1S/C10H21NO4S/c1-5-8-10(14-6-2,15-7-3)9(4)11-16(12)13/h11H,4-8H2,1-3H3,(H,12,13). The predicted octanol–water partition coefficient (Wildman–Crippen LogP) is 1.80. The van der Waals surface area contributed by atoms with Gasteiger partial charge < -0.3 is 9.47 Å². The van der Waals surface area contributed by atoms with Crippen molar-refractivity contribution in [3.05, 3.63) is 12.3 Å². The molecule has 0 aromatic heterocycles. The zero-order valence-corrected chi connectivity index (χ0v) is 10.9. The van der Waals surface area contributed by atoms with Crippen LogP contribution < -0.4 is 4.72 Å². The SMILES string of the molecule is C=C(NS(=O)O)C(CCC)(OCC)OCC. The van der Waals surface area contributed by atoms with Crippen LogP contribution in [0.15, 0.2) is 12.3 Å². The van der Waals surface area contributed by atoms with Gasteiger partial charge in [-0.15, -0.1) is 0 Å². The lowest BCUT2D eigenvalue weighted by molar-refractivity contribution is -0.212. The van der Waals surface area contributed by atoms with E-state index in [2.05, 4.69) is 11.3 Å². The average Bonchev–Trinajstić information content (AvgIpc) is 2.17. The van der Waals surface area contributed by atoms with E-state index in [9.17, 15) is 4.21 Å². The molecule has 5 nitrogen and oxygen atoms in total. The van der Waals surface area contributed by atoms with E-state index in [4.69, 9.17) is 14.0 Å². The fourth-order valence-electron chi connectivity index (χ4n) is 1.49. The molecule has 1 atom stereocenters. The van der Waals surface area contributed by atoms with Crippen molar-refractivity contribution < 1.29 is 18.2 Å². The molecular formula is C10H21NO4S. The quantitative estimate of drug-likeness (QED) is 0.484. The topological polar surface area (TPSA) is 67.8 Å². The van der Waals surface area contributed by atoms with Gasteiger partial charge in [-0.05, 0) is 13.8 Å². The van der Waals surface area contributed by atoms with E-state index >= 15 is 0 Å². The lowest BCUT2D eigenvalue weighted by Crippen LogP contribution is -2.43. The van der Waals surface area contributed by atoms with Gasteiger partial charge in [-0.2, -0.15) is 0 Å². The van der Waals surface area contributed by atoms with E-state index in [-0.39, 0.29) is 5.70 Å². The van der Waals surface area contributed by atoms with Crippen molar-refractivity contribution in [3.63, 3.8) is 0 Å². The third-order valence-corrected chi connectivity index (χ3v) is 2.43. The summed E-state index contributed by atoms with van der Waals surface area (Å²) in [7, 11) is 0. The maximum absolute atomic E-state index is 10.7. The minimum atomic E-state index is -2.16. The second-order valence-electron chi connectivity index (χ2n) is 3.20. The molecule has 0 rings (SSSR count). The normalized spacial score (nSPS) is 13.5. The van der Waals surface area contributed by atoms with Gasteiger partial charge in [0, 0.05) is 19.6 Å². The Hall–Kier alpha value is -0.430. The third-order valence-electron chi connectivity index (χ3n) is 2.00. The van der Waals surface area contributed by atoms with E-state index in [1.54, 1.807) is 0 Å². The fourth-order valence-corrected chi connectivity index (χ4v) is 1.86. The number of rotatable bonds is 9. The molecule has 0 fully saturated rings. The van der Waals surface area contributed by atoms with Crippen LogP contribution in [0.25, 0.3) is 0 Å². The van der Waals surface area contributed by atoms with Crippen molar-refractivity contribution >= 4 is 11.3 Å². The van der Waals surface area contributed by atoms with E-state index in [1.807, 2.05) is 20.8 Å². The van der Waals surface area contributed by atoms with Crippen LogP contribution in [-0.4, -0.2) is 27.8 Å². The first-order valence-corrected chi connectivity index (χ1v) is 6.47. The second-order valence-corrected chi connectivity index (χ2v) is 3.90. The van der Waals surface area contributed by atoms with Gasteiger partial charge in [-0.3, -0.25) is 9.27 Å². The molecule has 0 saturated carbocycles. The third kappa shape index (κ3) is 4.61. The van der Waals surface area contributed by atoms with Crippen molar-refractivity contribution in [1.82, 2.24) is 4.72 Å². The molecule has 0 aliphatic heterocycles. The maximum Gasteiger partial charge on any atom is 0.259 e. The number of ether oxygens (including phenoxy) is 2. The second kappa shape index (κ2) is 7.78. The molecule has 1 unspecified atom stereocenters. The van der Waals surface area contributed by atoms with Gasteiger partial charge in [0.25, 0.3) is 11.3 Å². The molecule has 0 aromatic carbocycles. The smallest absolute Gasteiger partial charge is 0.259 e. The predicted molar refractivity (Wildman–Crippen MR) is 63.9 cm³/mol. The largest absolute Gasteiger partial charge is 0.345 e. The minimum absolute atomic E-state index is 0.277. The van der Waals surface area contributed by atoms with Crippen molar-refractivity contribution in [2.45, 2.75) is 39.4 Å². The van der Waals surface area contributed by atoms with Gasteiger partial charge in [0.2, 0.25) is 5.79 Å². The summed E-state index contributed by atoms with van der Waals surface area (Å²) in [4.78, 5) is 0. The summed E-state index contributed by atoms with van der Waals surface area (Å²) >= 11 is -2.16. The van der Waals surface area contributed by atoms with Gasteiger partial charge >= 0.3 is 0 Å². The molecule has 0 amide bonds. The van der Waals surface area contributed by atoms with Gasteiger partial charge in [0.15, 0.2) is 0 Å². The Morgan fingerprint density at radius 1 is 1.38 bits per heavy atom. The number of hydrogen-bond acceptors (Lipinski definition) is 3. The highest BCUT2D eigenvalue weighted by Crippen LogP contribution is 2.26. The highest BCUT2D eigenvalue weighted by atomic mass is 32.2. The summed E-state index contributed by atoms with van der Waals surface area (Å²) in [5.41, 5.74) is 0.277. The molecule has 0 radical (unpaired) electrons. The Kier molecular flexibility index (Phi) is 7.57. The summed E-state index contributed by atoms with van der Waals surface area (Å²) in [5, 5.41) is 0. The number of nitrogens with one attached hydrogen (secondary N) is 1. The molecule has 0 heterocycles. The van der Waals surface area contributed by atoms with Crippen LogP contribution in [0.2, 0.25) is 0 Å². The monoisotopic (exact) mass is 251 g/mol. The Balaban J connectivity index is 4.82. The molecule has 0 spiro atoms. The molecular weight excluding hydrogens is 230 g/mol. The van der Waals surface area contributed by atoms with Crippen LogP contribution >= 0.6 is 0 Å². The lowest BCUT2D eigenvalue weighted by atomic mass is 10.1. The van der Waals surface area contributed by atoms with Crippen molar-refractivity contribution in [2.75, 3.05) is 13.2 Å². The molecule has 0 aliphatic rings. The van der Waals surface area contributed by atoms with E-state index in [1.165, 1.54) is 0 Å². The lowest BCUT2D eigenvalue weighted by Gasteiger charge is -2.34. The van der Waals surface area contributed by atoms with E-state index < -0.39 is 17.1 Å². The summed E-state index contributed by atoms with van der Waals surface area (Å²) < 4.78 is 32.9. The zero-order chi connectivity index (χ0) is 12.6. The van der Waals surface area contributed by atoms with Crippen molar-refractivity contribution in [2.24, 2.45) is 0 Å². The molecule has 0 aromatic rings. The van der Waals surface area contributed by atoms with Crippen LogP contribution in [0.1, 0.15) is 33.6 Å². The molecule has 2 N–H and O–H groups in total. The fraction of sp³-hybridized carbons (Fsp3) is 0.800. The first-order chi connectivity index (χ1) is 7.52. The maximum atomic E-state index is 10.7. The minimum Gasteiger partial charge on any atom is -0.345 e. The highest BCUT2D eigenvalue weighted by molar-refractivity contribution is 7.77. The number of hydrogen-bond donors (Lipinski definition) is 2. The Bertz CT molecular complexity index is 228. The van der Waals surface area contributed by atoms with Gasteiger partial charge in [-0.25, -0.2) is 4.21 Å². The summed E-state index contributed by atoms with van der Waals surface area (Å²) in [6, 6.07) is 0. The van der Waals surface area contributed by atoms with Gasteiger partial charge in [0.05, 0.1) is 5.70 Å². The molecule has 16 heavy (non-hydrogen) atoms. The Morgan fingerprint density at radius 2 is 1.88 bits per heavy atom. The first-order valence-electron chi connectivity index (χ1n) is 5.37. The van der Waals surface area contributed by atoms with Crippen LogP contribution in [0, 0.1) is 0 Å². The van der Waals surface area contributed by atoms with Crippen LogP contribution in [0.3, 0.4) is 0 Å². The molecule has 0 saturated heterocycles. The van der Waals surface area contributed by atoms with Crippen LogP contribution in [-0.2, 0) is 20.7 Å². The first kappa shape index (κ1) is 15.6. The van der Waals surface area contributed by atoms with E-state index in [0.717, 1.165) is 6.42 Å². The molecule has 0 aliphatic carbocycles. The highest BCUT2D eigenvalue weighted by Gasteiger charge is 2.34. The molecule has 0 bridgehead atoms. The Labute approximate surface area is 99.6 Å². The summed E-state index contributed by atoms with van der Waals surface area (Å²) in [6.07, 6.45) is 1.40. The zero-order valence-electron chi connectivity index (χ0n) is 10.1.